The smallest absolute Gasteiger partial charge is 0.274 e. The summed E-state index contributed by atoms with van der Waals surface area (Å²) in [4.78, 5) is 24.7. The molecule has 0 aliphatic heterocycles. The molecule has 1 heterocycles. The molecular weight excluding hydrogens is 266 g/mol. The molecular formula is C16H21N3O2. The summed E-state index contributed by atoms with van der Waals surface area (Å²) in [6, 6.07) is 7.15. The van der Waals surface area contributed by atoms with Crippen molar-refractivity contribution in [2.75, 3.05) is 0 Å². The molecule has 21 heavy (non-hydrogen) atoms. The molecule has 112 valence electrons. The van der Waals surface area contributed by atoms with Gasteiger partial charge < -0.3 is 5.32 Å². The predicted octanol–water partition coefficient (Wildman–Crippen LogP) is 2.33. The number of hydrogen-bond donors (Lipinski definition) is 1. The van der Waals surface area contributed by atoms with Gasteiger partial charge in [0, 0.05) is 18.0 Å². The number of unbranched alkanes of at least 4 members (excludes halogenated alkanes) is 1. The molecule has 0 radical (unpaired) electrons. The van der Waals surface area contributed by atoms with Crippen molar-refractivity contribution in [2.45, 2.75) is 46.2 Å². The van der Waals surface area contributed by atoms with Gasteiger partial charge in [0.05, 0.1) is 5.39 Å². The molecule has 0 aliphatic rings. The van der Waals surface area contributed by atoms with Crippen LogP contribution in [-0.2, 0) is 6.54 Å². The van der Waals surface area contributed by atoms with Crippen LogP contribution in [0, 0.1) is 0 Å². The average molecular weight is 287 g/mol. The number of carbonyl (C=O) groups is 1. The van der Waals surface area contributed by atoms with E-state index >= 15 is 0 Å². The molecule has 1 aromatic carbocycles. The molecule has 0 unspecified atom stereocenters. The van der Waals surface area contributed by atoms with Gasteiger partial charge in [-0.1, -0.05) is 31.5 Å². The average Bonchev–Trinajstić information content (AvgIpc) is 2.46. The molecule has 0 aliphatic carbocycles. The Morgan fingerprint density at radius 2 is 1.95 bits per heavy atom. The van der Waals surface area contributed by atoms with Crippen LogP contribution in [0.2, 0.25) is 0 Å². The third-order valence-electron chi connectivity index (χ3n) is 3.23. The number of hydrogen-bond acceptors (Lipinski definition) is 3. The van der Waals surface area contributed by atoms with Crippen LogP contribution in [0.15, 0.2) is 29.1 Å². The van der Waals surface area contributed by atoms with E-state index < -0.39 is 0 Å². The summed E-state index contributed by atoms with van der Waals surface area (Å²) in [5.74, 6) is -0.244. The van der Waals surface area contributed by atoms with Crippen LogP contribution in [-0.4, -0.2) is 21.7 Å². The largest absolute Gasteiger partial charge is 0.348 e. The summed E-state index contributed by atoms with van der Waals surface area (Å²) in [5, 5.41) is 8.26. The predicted molar refractivity (Wildman–Crippen MR) is 83.5 cm³/mol. The number of rotatable bonds is 5. The van der Waals surface area contributed by atoms with Crippen molar-refractivity contribution in [3.05, 3.63) is 40.3 Å². The molecule has 1 amide bonds. The number of fused-ring (bicyclic) bond motifs is 1. The van der Waals surface area contributed by atoms with Gasteiger partial charge in [-0.25, -0.2) is 4.68 Å². The number of aryl methyl sites for hydroxylation is 1. The maximum Gasteiger partial charge on any atom is 0.274 e. The summed E-state index contributed by atoms with van der Waals surface area (Å²) in [6.45, 7) is 6.38. The van der Waals surface area contributed by atoms with Crippen molar-refractivity contribution >= 4 is 16.7 Å². The number of amides is 1. The lowest BCUT2D eigenvalue weighted by Gasteiger charge is -2.12. The molecule has 0 fully saturated rings. The highest BCUT2D eigenvalue weighted by molar-refractivity contribution is 6.04. The van der Waals surface area contributed by atoms with E-state index in [1.165, 1.54) is 4.68 Å². The van der Waals surface area contributed by atoms with Crippen LogP contribution in [0.1, 0.15) is 44.1 Å². The Bertz CT molecular complexity index is 704. The summed E-state index contributed by atoms with van der Waals surface area (Å²) in [7, 11) is 0. The van der Waals surface area contributed by atoms with E-state index in [2.05, 4.69) is 17.3 Å². The van der Waals surface area contributed by atoms with E-state index in [-0.39, 0.29) is 17.5 Å². The highest BCUT2D eigenvalue weighted by Crippen LogP contribution is 2.13. The second kappa shape index (κ2) is 6.52. The molecule has 0 spiro atoms. The zero-order chi connectivity index (χ0) is 15.4. The topological polar surface area (TPSA) is 64.0 Å². The molecule has 0 saturated heterocycles. The number of nitrogens with one attached hydrogen (secondary N) is 1. The fraction of sp³-hybridized carbons (Fsp3) is 0.438. The van der Waals surface area contributed by atoms with Gasteiger partial charge in [0.1, 0.15) is 0 Å². The summed E-state index contributed by atoms with van der Waals surface area (Å²) < 4.78 is 1.40. The maximum absolute atomic E-state index is 12.4. The van der Waals surface area contributed by atoms with Crippen LogP contribution in [0.25, 0.3) is 10.8 Å². The molecule has 2 rings (SSSR count). The van der Waals surface area contributed by atoms with Crippen LogP contribution in [0.4, 0.5) is 0 Å². The van der Waals surface area contributed by atoms with Crippen LogP contribution < -0.4 is 10.9 Å². The van der Waals surface area contributed by atoms with Gasteiger partial charge in [-0.15, -0.1) is 0 Å². The Morgan fingerprint density at radius 1 is 1.29 bits per heavy atom. The first-order valence-corrected chi connectivity index (χ1v) is 7.35. The first-order valence-electron chi connectivity index (χ1n) is 7.35. The second-order valence-corrected chi connectivity index (χ2v) is 5.40. The van der Waals surface area contributed by atoms with Crippen molar-refractivity contribution in [2.24, 2.45) is 0 Å². The van der Waals surface area contributed by atoms with E-state index in [0.29, 0.717) is 23.0 Å². The van der Waals surface area contributed by atoms with Crippen molar-refractivity contribution in [1.82, 2.24) is 15.1 Å². The van der Waals surface area contributed by atoms with Gasteiger partial charge in [-0.2, -0.15) is 5.10 Å². The summed E-state index contributed by atoms with van der Waals surface area (Å²) >= 11 is 0. The van der Waals surface area contributed by atoms with Crippen LogP contribution in [0.5, 0.6) is 0 Å². The Kier molecular flexibility index (Phi) is 4.73. The normalized spacial score (nSPS) is 11.0. The van der Waals surface area contributed by atoms with Crippen molar-refractivity contribution < 1.29 is 4.79 Å². The molecule has 5 heteroatoms. The third kappa shape index (κ3) is 3.29. The minimum Gasteiger partial charge on any atom is -0.348 e. The molecule has 1 aromatic heterocycles. The van der Waals surface area contributed by atoms with Gasteiger partial charge in [0.2, 0.25) is 0 Å². The lowest BCUT2D eigenvalue weighted by Crippen LogP contribution is -2.34. The van der Waals surface area contributed by atoms with Gasteiger partial charge in [-0.3, -0.25) is 9.59 Å². The number of aromatic nitrogens is 2. The van der Waals surface area contributed by atoms with E-state index in [0.717, 1.165) is 12.8 Å². The van der Waals surface area contributed by atoms with Crippen molar-refractivity contribution in [3.63, 3.8) is 0 Å². The molecule has 2 aromatic rings. The van der Waals surface area contributed by atoms with E-state index in [4.69, 9.17) is 0 Å². The fourth-order valence-electron chi connectivity index (χ4n) is 2.19. The van der Waals surface area contributed by atoms with E-state index in [1.54, 1.807) is 18.2 Å². The van der Waals surface area contributed by atoms with Gasteiger partial charge >= 0.3 is 0 Å². The minimum atomic E-state index is -0.244. The maximum atomic E-state index is 12.4. The van der Waals surface area contributed by atoms with Crippen LogP contribution >= 0.6 is 0 Å². The van der Waals surface area contributed by atoms with E-state index in [9.17, 15) is 9.59 Å². The quantitative estimate of drug-likeness (QED) is 0.918. The molecule has 0 bridgehead atoms. The third-order valence-corrected chi connectivity index (χ3v) is 3.23. The molecule has 0 atom stereocenters. The van der Waals surface area contributed by atoms with E-state index in [1.807, 2.05) is 19.9 Å². The highest BCUT2D eigenvalue weighted by atomic mass is 16.2. The lowest BCUT2D eigenvalue weighted by molar-refractivity contribution is 0.0937. The molecule has 0 saturated carbocycles. The highest BCUT2D eigenvalue weighted by Gasteiger charge is 2.16. The molecule has 1 N–H and O–H groups in total. The Labute approximate surface area is 124 Å². The SMILES string of the molecule is CCCCn1nc(C(=O)NC(C)C)c2ccccc2c1=O. The minimum absolute atomic E-state index is 0.0223. The first-order chi connectivity index (χ1) is 10.0. The number of nitrogens with zero attached hydrogens (tertiary/aromatic N) is 2. The lowest BCUT2D eigenvalue weighted by atomic mass is 10.1. The Balaban J connectivity index is 2.59. The van der Waals surface area contributed by atoms with Gasteiger partial charge in [0.15, 0.2) is 5.69 Å². The van der Waals surface area contributed by atoms with Crippen molar-refractivity contribution in [1.29, 1.82) is 0 Å². The monoisotopic (exact) mass is 287 g/mol. The second-order valence-electron chi connectivity index (χ2n) is 5.40. The summed E-state index contributed by atoms with van der Waals surface area (Å²) in [5.41, 5.74) is 0.176. The Hall–Kier alpha value is -2.17. The first kappa shape index (κ1) is 15.2. The standard InChI is InChI=1S/C16H21N3O2/c1-4-5-10-19-16(21)13-9-7-6-8-12(13)14(18-19)15(20)17-11(2)3/h6-9,11H,4-5,10H2,1-3H3,(H,17,20). The fourth-order valence-corrected chi connectivity index (χ4v) is 2.19. The Morgan fingerprint density at radius 3 is 2.57 bits per heavy atom. The van der Waals surface area contributed by atoms with Crippen molar-refractivity contribution in [3.8, 4) is 0 Å². The summed E-state index contributed by atoms with van der Waals surface area (Å²) in [6.07, 6.45) is 1.82. The van der Waals surface area contributed by atoms with Crippen LogP contribution in [0.3, 0.4) is 0 Å². The zero-order valence-electron chi connectivity index (χ0n) is 12.7. The van der Waals surface area contributed by atoms with Gasteiger partial charge in [-0.05, 0) is 26.3 Å². The number of carbonyl (C=O) groups excluding carboxylic acids is 1. The van der Waals surface area contributed by atoms with Gasteiger partial charge in [0.25, 0.3) is 11.5 Å². The number of benzene rings is 1. The zero-order valence-corrected chi connectivity index (χ0v) is 12.7. The molecule has 5 nitrogen and oxygen atoms in total.